The first-order valence-corrected chi connectivity index (χ1v) is 6.71. The number of benzene rings is 1. The molecule has 1 aromatic rings. The molecule has 0 aromatic heterocycles. The lowest BCUT2D eigenvalue weighted by molar-refractivity contribution is -0.191. The SMILES string of the molecule is CCc1ccc(B2OC(C)(C)C(C)(C)O2)cc1.O=C=O. The van der Waals surface area contributed by atoms with Gasteiger partial charge in [0.2, 0.25) is 0 Å². The predicted octanol–water partition coefficient (Wildman–Crippen LogP) is 1.96. The van der Waals surface area contributed by atoms with E-state index in [9.17, 15) is 0 Å². The molecule has 5 heteroatoms. The fourth-order valence-electron chi connectivity index (χ4n) is 1.89. The van der Waals surface area contributed by atoms with Crippen LogP contribution in [0.25, 0.3) is 0 Å². The van der Waals surface area contributed by atoms with Crippen molar-refractivity contribution in [2.24, 2.45) is 0 Å². The van der Waals surface area contributed by atoms with E-state index >= 15 is 0 Å². The molecule has 0 spiro atoms. The fourth-order valence-corrected chi connectivity index (χ4v) is 1.89. The van der Waals surface area contributed by atoms with Gasteiger partial charge in [-0.05, 0) is 45.1 Å². The van der Waals surface area contributed by atoms with Gasteiger partial charge < -0.3 is 9.31 Å². The third-order valence-electron chi connectivity index (χ3n) is 3.91. The van der Waals surface area contributed by atoms with Crippen LogP contribution >= 0.6 is 0 Å². The summed E-state index contributed by atoms with van der Waals surface area (Å²) in [4.78, 5) is 16.2. The Morgan fingerprint density at radius 1 is 1.00 bits per heavy atom. The van der Waals surface area contributed by atoms with Gasteiger partial charge in [-0.1, -0.05) is 31.2 Å². The molecule has 4 nitrogen and oxygen atoms in total. The van der Waals surface area contributed by atoms with Gasteiger partial charge in [0, 0.05) is 0 Å². The first-order valence-electron chi connectivity index (χ1n) is 6.71. The molecule has 0 bridgehead atoms. The summed E-state index contributed by atoms with van der Waals surface area (Å²) in [7, 11) is -0.245. The zero-order chi connectivity index (χ0) is 15.4. The van der Waals surface area contributed by atoms with Crippen LogP contribution in [0.15, 0.2) is 24.3 Å². The second-order valence-electron chi connectivity index (χ2n) is 5.77. The van der Waals surface area contributed by atoms with E-state index in [-0.39, 0.29) is 24.5 Å². The van der Waals surface area contributed by atoms with Crippen LogP contribution < -0.4 is 5.46 Å². The summed E-state index contributed by atoms with van der Waals surface area (Å²) in [6.07, 6.45) is 1.31. The Morgan fingerprint density at radius 3 is 1.75 bits per heavy atom. The van der Waals surface area contributed by atoms with Crippen LogP contribution in [-0.2, 0) is 25.3 Å². The minimum absolute atomic E-state index is 0.245. The lowest BCUT2D eigenvalue weighted by atomic mass is 9.79. The van der Waals surface area contributed by atoms with Gasteiger partial charge in [-0.15, -0.1) is 0 Å². The van der Waals surface area contributed by atoms with Crippen molar-refractivity contribution in [3.05, 3.63) is 29.8 Å². The third-order valence-corrected chi connectivity index (χ3v) is 3.91. The smallest absolute Gasteiger partial charge is 0.399 e. The van der Waals surface area contributed by atoms with Crippen molar-refractivity contribution in [1.29, 1.82) is 0 Å². The largest absolute Gasteiger partial charge is 0.494 e. The zero-order valence-electron chi connectivity index (χ0n) is 12.7. The van der Waals surface area contributed by atoms with Gasteiger partial charge in [-0.2, -0.15) is 9.59 Å². The molecule has 0 N–H and O–H groups in total. The molecule has 1 aromatic carbocycles. The quantitative estimate of drug-likeness (QED) is 0.775. The standard InChI is InChI=1S/C14H21BO2.CO2/c1-6-11-7-9-12(10-8-11)15-16-13(2,3)14(4,5)17-15;2-1-3/h7-10H,6H2,1-5H3;. The van der Waals surface area contributed by atoms with Gasteiger partial charge in [0.05, 0.1) is 11.2 Å². The zero-order valence-corrected chi connectivity index (χ0v) is 12.7. The maximum Gasteiger partial charge on any atom is 0.494 e. The van der Waals surface area contributed by atoms with E-state index in [0.717, 1.165) is 11.9 Å². The van der Waals surface area contributed by atoms with E-state index in [1.54, 1.807) is 0 Å². The molecule has 0 saturated carbocycles. The normalized spacial score (nSPS) is 18.9. The highest BCUT2D eigenvalue weighted by Gasteiger charge is 2.51. The molecular weight excluding hydrogens is 255 g/mol. The molecule has 1 fully saturated rings. The monoisotopic (exact) mass is 276 g/mol. The fraction of sp³-hybridized carbons (Fsp3) is 0.533. The molecule has 1 saturated heterocycles. The average molecular weight is 276 g/mol. The summed E-state index contributed by atoms with van der Waals surface area (Å²) < 4.78 is 12.0. The summed E-state index contributed by atoms with van der Waals surface area (Å²) in [5.74, 6) is 0. The van der Waals surface area contributed by atoms with Crippen LogP contribution in [0.2, 0.25) is 0 Å². The van der Waals surface area contributed by atoms with Crippen molar-refractivity contribution in [3.8, 4) is 0 Å². The summed E-state index contributed by atoms with van der Waals surface area (Å²) in [5, 5.41) is 0. The first kappa shape index (κ1) is 16.6. The third kappa shape index (κ3) is 3.57. The Morgan fingerprint density at radius 2 is 1.40 bits per heavy atom. The van der Waals surface area contributed by atoms with Crippen molar-refractivity contribution in [3.63, 3.8) is 0 Å². The molecule has 0 atom stereocenters. The molecular formula is C15H21BO4. The lowest BCUT2D eigenvalue weighted by Gasteiger charge is -2.32. The van der Waals surface area contributed by atoms with Crippen LogP contribution in [0.5, 0.6) is 0 Å². The van der Waals surface area contributed by atoms with E-state index < -0.39 is 0 Å². The van der Waals surface area contributed by atoms with E-state index in [0.29, 0.717) is 0 Å². The van der Waals surface area contributed by atoms with Crippen LogP contribution in [0.4, 0.5) is 0 Å². The van der Waals surface area contributed by atoms with Gasteiger partial charge in [0.15, 0.2) is 0 Å². The second kappa shape index (κ2) is 6.36. The Labute approximate surface area is 120 Å². The second-order valence-corrected chi connectivity index (χ2v) is 5.77. The van der Waals surface area contributed by atoms with Crippen LogP contribution in [-0.4, -0.2) is 24.5 Å². The summed E-state index contributed by atoms with van der Waals surface area (Å²) in [6, 6.07) is 8.47. The van der Waals surface area contributed by atoms with Gasteiger partial charge in [0.1, 0.15) is 0 Å². The minimum Gasteiger partial charge on any atom is -0.399 e. The number of aryl methyl sites for hydroxylation is 1. The molecule has 0 amide bonds. The molecule has 1 aliphatic heterocycles. The van der Waals surface area contributed by atoms with E-state index in [4.69, 9.17) is 18.9 Å². The highest BCUT2D eigenvalue weighted by molar-refractivity contribution is 6.62. The van der Waals surface area contributed by atoms with E-state index in [2.05, 4.69) is 58.9 Å². The van der Waals surface area contributed by atoms with E-state index in [1.807, 2.05) is 0 Å². The predicted molar refractivity (Wildman–Crippen MR) is 76.5 cm³/mol. The summed E-state index contributed by atoms with van der Waals surface area (Å²) in [5.41, 5.74) is 1.91. The summed E-state index contributed by atoms with van der Waals surface area (Å²) >= 11 is 0. The molecule has 108 valence electrons. The van der Waals surface area contributed by atoms with Crippen molar-refractivity contribution in [2.75, 3.05) is 0 Å². The highest BCUT2D eigenvalue weighted by atomic mass is 16.7. The number of hydrogen-bond donors (Lipinski definition) is 0. The topological polar surface area (TPSA) is 52.6 Å². The van der Waals surface area contributed by atoms with Gasteiger partial charge >= 0.3 is 13.3 Å². The van der Waals surface area contributed by atoms with Crippen LogP contribution in [0, 0.1) is 0 Å². The first-order chi connectivity index (χ1) is 9.27. The van der Waals surface area contributed by atoms with Gasteiger partial charge in [0.25, 0.3) is 0 Å². The molecule has 1 aliphatic rings. The van der Waals surface area contributed by atoms with Gasteiger partial charge in [-0.25, -0.2) is 0 Å². The molecule has 20 heavy (non-hydrogen) atoms. The van der Waals surface area contributed by atoms with Crippen molar-refractivity contribution >= 4 is 18.7 Å². The maximum absolute atomic E-state index is 8.12. The molecule has 2 rings (SSSR count). The molecule has 1 heterocycles. The molecule has 0 radical (unpaired) electrons. The Kier molecular flexibility index (Phi) is 5.29. The summed E-state index contributed by atoms with van der Waals surface area (Å²) in [6.45, 7) is 10.5. The minimum atomic E-state index is -0.263. The molecule has 0 aliphatic carbocycles. The maximum atomic E-state index is 8.12. The van der Waals surface area contributed by atoms with E-state index in [1.165, 1.54) is 5.56 Å². The Bertz CT molecular complexity index is 457. The molecule has 0 unspecified atom stereocenters. The number of carbonyl (C=O) groups excluding carboxylic acids is 2. The highest BCUT2D eigenvalue weighted by Crippen LogP contribution is 2.36. The Hall–Kier alpha value is -1.42. The van der Waals surface area contributed by atoms with Crippen molar-refractivity contribution in [1.82, 2.24) is 0 Å². The van der Waals surface area contributed by atoms with Crippen molar-refractivity contribution in [2.45, 2.75) is 52.2 Å². The average Bonchev–Trinajstić information content (AvgIpc) is 2.60. The van der Waals surface area contributed by atoms with Crippen LogP contribution in [0.1, 0.15) is 40.2 Å². The van der Waals surface area contributed by atoms with Crippen LogP contribution in [0.3, 0.4) is 0 Å². The Balaban J connectivity index is 0.000000612. The van der Waals surface area contributed by atoms with Gasteiger partial charge in [-0.3, -0.25) is 0 Å². The van der Waals surface area contributed by atoms with Crippen molar-refractivity contribution < 1.29 is 18.9 Å². The number of rotatable bonds is 2. The number of hydrogen-bond acceptors (Lipinski definition) is 4. The lowest BCUT2D eigenvalue weighted by Crippen LogP contribution is -2.41.